The summed E-state index contributed by atoms with van der Waals surface area (Å²) in [4.78, 5) is 19.6. The first-order chi connectivity index (χ1) is 17.2. The Morgan fingerprint density at radius 3 is 2.56 bits per heavy atom. The van der Waals surface area contributed by atoms with Crippen molar-refractivity contribution in [3.8, 4) is 11.5 Å². The van der Waals surface area contributed by atoms with Crippen LogP contribution in [0.1, 0.15) is 58.9 Å². The fourth-order valence-electron chi connectivity index (χ4n) is 4.28. The average Bonchev–Trinajstić information content (AvgIpc) is 3.46. The second kappa shape index (κ2) is 9.31. The van der Waals surface area contributed by atoms with Gasteiger partial charge in [0.25, 0.3) is 11.8 Å². The molecule has 0 radical (unpaired) electrons. The van der Waals surface area contributed by atoms with Crippen LogP contribution in [0.4, 0.5) is 4.39 Å². The van der Waals surface area contributed by atoms with Gasteiger partial charge >= 0.3 is 0 Å². The Labute approximate surface area is 208 Å². The number of aromatic nitrogens is 3. The van der Waals surface area contributed by atoms with Gasteiger partial charge in [-0.3, -0.25) is 4.79 Å². The first kappa shape index (κ1) is 23.9. The summed E-state index contributed by atoms with van der Waals surface area (Å²) < 4.78 is 26.2. The van der Waals surface area contributed by atoms with Crippen molar-refractivity contribution < 1.29 is 18.0 Å². The Bertz CT molecular complexity index is 1390. The Kier molecular flexibility index (Phi) is 6.17. The van der Waals surface area contributed by atoms with E-state index in [1.165, 1.54) is 18.2 Å². The maximum absolute atomic E-state index is 14.8. The highest BCUT2D eigenvalue weighted by Gasteiger charge is 2.35. The Morgan fingerprint density at radius 2 is 1.89 bits per heavy atom. The molecule has 5 rings (SSSR count). The summed E-state index contributed by atoms with van der Waals surface area (Å²) in [6.07, 6.45) is 2.30. The fraction of sp³-hybridized carbons (Fsp3) is 0.333. The third-order valence-corrected chi connectivity index (χ3v) is 6.34. The third-order valence-electron chi connectivity index (χ3n) is 6.34. The molecule has 1 aliphatic carbocycles. The highest BCUT2D eigenvalue weighted by Crippen LogP contribution is 2.32. The number of nitrogens with zero attached hydrogens (tertiary/aromatic N) is 4. The maximum Gasteiger partial charge on any atom is 0.254 e. The molecule has 1 unspecified atom stereocenters. The summed E-state index contributed by atoms with van der Waals surface area (Å²) in [6.45, 7) is 5.72. The zero-order valence-electron chi connectivity index (χ0n) is 20.5. The molecule has 2 aromatic heterocycles. The number of aryl methyl sites for hydroxylation is 2. The van der Waals surface area contributed by atoms with Crippen LogP contribution in [0.2, 0.25) is 0 Å². The van der Waals surface area contributed by atoms with Crippen LogP contribution < -0.4 is 5.73 Å². The summed E-state index contributed by atoms with van der Waals surface area (Å²) in [5.41, 5.74) is 7.65. The van der Waals surface area contributed by atoms with Gasteiger partial charge in [0, 0.05) is 18.5 Å². The maximum atomic E-state index is 14.8. The Hall–Kier alpha value is -3.85. The van der Waals surface area contributed by atoms with E-state index in [1.807, 2.05) is 37.3 Å². The van der Waals surface area contributed by atoms with Crippen molar-refractivity contribution in [1.82, 2.24) is 20.1 Å². The lowest BCUT2D eigenvalue weighted by Gasteiger charge is -2.22. The molecule has 1 atom stereocenters. The fourth-order valence-corrected chi connectivity index (χ4v) is 4.28. The zero-order chi connectivity index (χ0) is 25.4. The molecule has 0 bridgehead atoms. The van der Waals surface area contributed by atoms with Crippen LogP contribution in [0.3, 0.4) is 0 Å². The minimum Gasteiger partial charge on any atom is -0.446 e. The molecule has 0 aliphatic heterocycles. The highest BCUT2D eigenvalue weighted by atomic mass is 19.1. The predicted octanol–water partition coefficient (Wildman–Crippen LogP) is 4.70. The lowest BCUT2D eigenvalue weighted by Crippen LogP contribution is -2.35. The predicted molar refractivity (Wildman–Crippen MR) is 130 cm³/mol. The van der Waals surface area contributed by atoms with Gasteiger partial charge in [-0.2, -0.15) is 0 Å². The van der Waals surface area contributed by atoms with Crippen LogP contribution in [0.15, 0.2) is 57.4 Å². The number of carbonyl (C=O) groups excluding carboxylic acids is 1. The van der Waals surface area contributed by atoms with E-state index in [9.17, 15) is 9.18 Å². The minimum atomic E-state index is -0.952. The van der Waals surface area contributed by atoms with E-state index in [-0.39, 0.29) is 29.3 Å². The van der Waals surface area contributed by atoms with Gasteiger partial charge in [-0.1, -0.05) is 30.3 Å². The number of hydrogen-bond donors (Lipinski definition) is 1. The number of oxazole rings is 1. The minimum absolute atomic E-state index is 0.0252. The molecule has 1 aliphatic rings. The van der Waals surface area contributed by atoms with Crippen LogP contribution in [0.25, 0.3) is 11.5 Å². The third kappa shape index (κ3) is 4.92. The van der Waals surface area contributed by atoms with Crippen molar-refractivity contribution in [2.24, 2.45) is 5.73 Å². The van der Waals surface area contributed by atoms with Crippen LogP contribution in [-0.2, 0) is 18.5 Å². The number of carbonyl (C=O) groups is 1. The highest BCUT2D eigenvalue weighted by molar-refractivity contribution is 5.95. The SMILES string of the molecule is Cc1nc(CN(C(=O)c2ccc(F)c(-c3nnc(C(C)(N)Cc4ccccc4)o3)c2)C2CC2)c(C)o1. The molecule has 8 nitrogen and oxygen atoms in total. The van der Waals surface area contributed by atoms with E-state index in [4.69, 9.17) is 14.6 Å². The van der Waals surface area contributed by atoms with E-state index < -0.39 is 11.4 Å². The van der Waals surface area contributed by atoms with Gasteiger partial charge in [0.2, 0.25) is 5.89 Å². The number of halogens is 1. The number of hydrogen-bond acceptors (Lipinski definition) is 7. The molecule has 1 amide bonds. The molecule has 2 aromatic carbocycles. The number of rotatable bonds is 8. The molecule has 2 N–H and O–H groups in total. The van der Waals surface area contributed by atoms with Gasteiger partial charge in [-0.15, -0.1) is 10.2 Å². The molecule has 4 aromatic rings. The molecule has 1 fully saturated rings. The van der Waals surface area contributed by atoms with Gasteiger partial charge < -0.3 is 19.5 Å². The average molecular weight is 490 g/mol. The monoisotopic (exact) mass is 489 g/mol. The van der Waals surface area contributed by atoms with Gasteiger partial charge in [0.05, 0.1) is 17.6 Å². The smallest absolute Gasteiger partial charge is 0.254 e. The van der Waals surface area contributed by atoms with Crippen molar-refractivity contribution in [3.05, 3.63) is 88.7 Å². The van der Waals surface area contributed by atoms with E-state index in [0.29, 0.717) is 30.2 Å². The lowest BCUT2D eigenvalue weighted by molar-refractivity contribution is 0.0727. The van der Waals surface area contributed by atoms with Gasteiger partial charge in [-0.05, 0) is 56.9 Å². The molecule has 2 heterocycles. The van der Waals surface area contributed by atoms with Crippen LogP contribution in [0, 0.1) is 19.7 Å². The molecular formula is C27H28FN5O3. The first-order valence-electron chi connectivity index (χ1n) is 11.9. The summed E-state index contributed by atoms with van der Waals surface area (Å²) in [5.74, 6) is 0.623. The molecular weight excluding hydrogens is 461 g/mol. The molecule has 186 valence electrons. The van der Waals surface area contributed by atoms with Gasteiger partial charge in [-0.25, -0.2) is 9.37 Å². The standard InChI is InChI=1S/C27H28FN5O3/c1-16-23(30-17(2)35-16)15-33(20-10-11-20)25(34)19-9-12-22(28)21(13-19)24-31-32-26(36-24)27(3,29)14-18-7-5-4-6-8-18/h4-9,12-13,20H,10-11,14-15,29H2,1-3H3. The van der Waals surface area contributed by atoms with Gasteiger partial charge in [0.15, 0.2) is 5.89 Å². The first-order valence-corrected chi connectivity index (χ1v) is 11.9. The summed E-state index contributed by atoms with van der Waals surface area (Å²) in [7, 11) is 0. The van der Waals surface area contributed by atoms with Crippen molar-refractivity contribution >= 4 is 5.91 Å². The van der Waals surface area contributed by atoms with Crippen molar-refractivity contribution in [2.45, 2.75) is 58.2 Å². The van der Waals surface area contributed by atoms with Crippen LogP contribution in [-0.4, -0.2) is 32.0 Å². The van der Waals surface area contributed by atoms with E-state index in [2.05, 4.69) is 15.2 Å². The van der Waals surface area contributed by atoms with Crippen LogP contribution >= 0.6 is 0 Å². The molecule has 0 saturated heterocycles. The Balaban J connectivity index is 1.40. The van der Waals surface area contributed by atoms with E-state index in [1.54, 1.807) is 18.7 Å². The van der Waals surface area contributed by atoms with Gasteiger partial charge in [0.1, 0.15) is 17.3 Å². The summed E-state index contributed by atoms with van der Waals surface area (Å²) in [5, 5.41) is 8.14. The van der Waals surface area contributed by atoms with Crippen LogP contribution in [0.5, 0.6) is 0 Å². The molecule has 36 heavy (non-hydrogen) atoms. The van der Waals surface area contributed by atoms with Crippen molar-refractivity contribution in [3.63, 3.8) is 0 Å². The normalized spacial score (nSPS) is 15.0. The van der Waals surface area contributed by atoms with Crippen molar-refractivity contribution in [2.75, 3.05) is 0 Å². The molecule has 9 heteroatoms. The molecule has 0 spiro atoms. The quantitative estimate of drug-likeness (QED) is 0.382. The zero-order valence-corrected chi connectivity index (χ0v) is 20.5. The number of amides is 1. The largest absolute Gasteiger partial charge is 0.446 e. The second-order valence-electron chi connectivity index (χ2n) is 9.59. The number of nitrogens with two attached hydrogens (primary N) is 1. The molecule has 1 saturated carbocycles. The van der Waals surface area contributed by atoms with E-state index in [0.717, 1.165) is 24.1 Å². The number of benzene rings is 2. The van der Waals surface area contributed by atoms with Crippen molar-refractivity contribution in [1.29, 1.82) is 0 Å². The lowest BCUT2D eigenvalue weighted by atomic mass is 9.94. The Morgan fingerprint density at radius 1 is 1.14 bits per heavy atom. The second-order valence-corrected chi connectivity index (χ2v) is 9.59. The summed E-state index contributed by atoms with van der Waals surface area (Å²) in [6, 6.07) is 14.0. The summed E-state index contributed by atoms with van der Waals surface area (Å²) >= 11 is 0. The van der Waals surface area contributed by atoms with E-state index >= 15 is 0 Å². The topological polar surface area (TPSA) is 111 Å².